The van der Waals surface area contributed by atoms with Gasteiger partial charge in [-0.05, 0) is 152 Å². The number of carboxylic acids is 1. The van der Waals surface area contributed by atoms with Crippen LogP contribution in [-0.2, 0) is 60.7 Å². The fourth-order valence-corrected chi connectivity index (χ4v) is 13.7. The molecule has 4 aliphatic rings. The number of ether oxygens (including phenoxy) is 2. The highest BCUT2D eigenvalue weighted by Gasteiger charge is 2.32. The van der Waals surface area contributed by atoms with E-state index in [2.05, 4.69) is 157 Å². The van der Waals surface area contributed by atoms with Gasteiger partial charge in [0.05, 0.1) is 72.9 Å². The number of aliphatic carboxylic acids is 1. The Labute approximate surface area is 600 Å². The molecule has 542 valence electrons. The van der Waals surface area contributed by atoms with Gasteiger partial charge in [0.1, 0.15) is 29.6 Å². The zero-order valence-corrected chi connectivity index (χ0v) is 61.4. The number of hydrogen-bond donors (Lipinski definition) is 3. The number of piperazine rings is 2. The Kier molecular flexibility index (Phi) is 23.9. The summed E-state index contributed by atoms with van der Waals surface area (Å²) in [5, 5.41) is 21.4. The second-order valence-electron chi connectivity index (χ2n) is 29.8. The number of amides is 4. The molecule has 0 atom stereocenters. The molecule has 7 aromatic rings. The predicted octanol–water partition coefficient (Wildman–Crippen LogP) is 10.4. The summed E-state index contributed by atoms with van der Waals surface area (Å²) >= 11 is 0. The molecule has 0 aliphatic carbocycles. The van der Waals surface area contributed by atoms with Crippen molar-refractivity contribution in [3.63, 3.8) is 0 Å². The lowest BCUT2D eigenvalue weighted by atomic mass is 9.77. The molecule has 0 bridgehead atoms. The average molecular weight is 1390 g/mol. The van der Waals surface area contributed by atoms with E-state index >= 15 is 0 Å². The highest BCUT2D eigenvalue weighted by Crippen LogP contribution is 2.43. The molecule has 11 rings (SSSR count). The number of likely N-dealkylation sites (N-methyl/N-ethyl adjacent to an activating group) is 2. The summed E-state index contributed by atoms with van der Waals surface area (Å²) in [6.07, 6.45) is 6.21. The monoisotopic (exact) mass is 1390 g/mol. The lowest BCUT2D eigenvalue weighted by Gasteiger charge is -2.34. The number of aromatic amines is 1. The minimum atomic E-state index is -1.23. The third-order valence-electron chi connectivity index (χ3n) is 19.5. The molecule has 2 fully saturated rings. The number of anilines is 2. The number of aromatic nitrogens is 5. The van der Waals surface area contributed by atoms with Crippen LogP contribution >= 0.6 is 0 Å². The molecule has 23 nitrogen and oxygen atoms in total. The van der Waals surface area contributed by atoms with Crippen molar-refractivity contribution in [1.29, 1.82) is 0 Å². The van der Waals surface area contributed by atoms with Crippen LogP contribution in [0.15, 0.2) is 107 Å². The van der Waals surface area contributed by atoms with E-state index in [-0.39, 0.29) is 68.3 Å². The topological polar surface area (TPSA) is 243 Å². The lowest BCUT2D eigenvalue weighted by Crippen LogP contribution is -2.48. The van der Waals surface area contributed by atoms with Crippen LogP contribution in [0.1, 0.15) is 139 Å². The van der Waals surface area contributed by atoms with Gasteiger partial charge in [-0.25, -0.2) is 4.98 Å². The maximum absolute atomic E-state index is 14.0. The van der Waals surface area contributed by atoms with Crippen LogP contribution in [0.5, 0.6) is 11.5 Å². The van der Waals surface area contributed by atoms with Crippen LogP contribution in [0, 0.1) is 0 Å². The van der Waals surface area contributed by atoms with Gasteiger partial charge >= 0.3 is 5.97 Å². The van der Waals surface area contributed by atoms with Gasteiger partial charge in [0.15, 0.2) is 0 Å². The highest BCUT2D eigenvalue weighted by molar-refractivity contribution is 6.09. The summed E-state index contributed by atoms with van der Waals surface area (Å²) in [5.41, 5.74) is 16.0. The van der Waals surface area contributed by atoms with E-state index in [0.717, 1.165) is 137 Å². The maximum atomic E-state index is 14.0. The summed E-state index contributed by atoms with van der Waals surface area (Å²) in [4.78, 5) is 99.2. The van der Waals surface area contributed by atoms with Crippen molar-refractivity contribution in [2.75, 3.05) is 129 Å². The van der Waals surface area contributed by atoms with Crippen LogP contribution in [0.3, 0.4) is 0 Å². The number of carbonyl (C=O) groups is 5. The number of fused-ring (bicyclic) bond motifs is 3. The quantitative estimate of drug-likeness (QED) is 0.0342. The number of carbonyl (C=O) groups excluding carboxylic acids is 4. The van der Waals surface area contributed by atoms with Gasteiger partial charge in [-0.1, -0.05) is 78.8 Å². The van der Waals surface area contributed by atoms with Crippen molar-refractivity contribution >= 4 is 74.8 Å². The first-order valence-corrected chi connectivity index (χ1v) is 36.5. The summed E-state index contributed by atoms with van der Waals surface area (Å²) in [7, 11) is 4.35. The average Bonchev–Trinajstić information content (AvgIpc) is 1.09. The Morgan fingerprint density at radius 3 is 1.78 bits per heavy atom. The highest BCUT2D eigenvalue weighted by atomic mass is 16.5. The van der Waals surface area contributed by atoms with Crippen LogP contribution in [0.25, 0.3) is 22.4 Å². The lowest BCUT2D eigenvalue weighted by molar-refractivity contribution is -0.148. The largest absolute Gasteiger partial charge is 0.494 e. The SMILES string of the molecule is CCCN(CC(=O)N(CCC)CC(=O)N(CC(=O)O)Cc1cn(CCCNC(=O)CCCOc2c(C(C)(C)C)cc(C3=Nc4ccc(N5CCN(C)CC5)cc4C3)cc2C(C)(C)C)nn1)C(=O)CCCOc1cccc(-c2nc3ccc(C4=Nc5ccc(N6CCN(C)CC6)cc5C4)cc3[nH]2)c1. The number of H-pyrrole nitrogens is 1. The molecule has 102 heavy (non-hydrogen) atoms. The van der Waals surface area contributed by atoms with E-state index in [1.807, 2.05) is 44.2 Å². The van der Waals surface area contributed by atoms with Crippen LogP contribution in [0.2, 0.25) is 0 Å². The molecule has 2 saturated heterocycles. The Bertz CT molecular complexity index is 4170. The fraction of sp³-hybridized carbons (Fsp3) is 0.494. The molecule has 0 spiro atoms. The maximum Gasteiger partial charge on any atom is 0.323 e. The summed E-state index contributed by atoms with van der Waals surface area (Å²) in [6, 6.07) is 31.7. The van der Waals surface area contributed by atoms with E-state index in [0.29, 0.717) is 75.6 Å². The van der Waals surface area contributed by atoms with Crippen LogP contribution in [0.4, 0.5) is 22.7 Å². The van der Waals surface area contributed by atoms with E-state index in [1.165, 1.54) is 32.3 Å². The Hall–Kier alpha value is -9.48. The van der Waals surface area contributed by atoms with E-state index in [9.17, 15) is 29.1 Å². The zero-order chi connectivity index (χ0) is 72.2. The molecule has 4 aliphatic heterocycles. The molecule has 0 radical (unpaired) electrons. The molecule has 0 unspecified atom stereocenters. The predicted molar refractivity (Wildman–Crippen MR) is 401 cm³/mol. The minimum Gasteiger partial charge on any atom is -0.494 e. The molecule has 4 amide bonds. The first-order chi connectivity index (χ1) is 48.9. The summed E-state index contributed by atoms with van der Waals surface area (Å²) in [5.74, 6) is -0.329. The van der Waals surface area contributed by atoms with Crippen molar-refractivity contribution in [1.82, 2.24) is 54.8 Å². The molecule has 23 heteroatoms. The van der Waals surface area contributed by atoms with Gasteiger partial charge in [0, 0.05) is 132 Å². The van der Waals surface area contributed by atoms with Gasteiger partial charge in [-0.3, -0.25) is 38.6 Å². The number of nitrogens with one attached hydrogen (secondary N) is 2. The van der Waals surface area contributed by atoms with Gasteiger partial charge in [0.2, 0.25) is 23.6 Å². The normalized spacial score (nSPS) is 14.9. The number of aliphatic imine (C=N–C) groups is 2. The standard InChI is InChI=1S/C79H103N15O8/c1-11-28-91(72(96)20-15-39-101-62-18-13-17-55(43-62)77-83-67-24-21-54(46-70(67)84-77)68-47-56-41-60(22-25-65(56)81-68)89-35-31-87(9)32-36-89)51-73(97)92(29-12-2)52-74(98)93(53-75(99)100)49-59-50-94(86-85-59)30-16-27-80-71(95)19-14-40-102-76-63(78(3,4)5)44-58(45-64(76)79(6,7)8)69-48-57-42-61(23-26-66(57)82-69)90-37-33-88(10)34-38-90/h13,17-18,21-26,41-46,50H,11-12,14-16,19-20,27-40,47-49,51-53H2,1-10H3,(H,80,95)(H,83,84)(H,99,100). The third-order valence-corrected chi connectivity index (χ3v) is 19.5. The number of imidazole rings is 1. The molecule has 6 heterocycles. The molecule has 2 aromatic heterocycles. The number of benzene rings is 5. The van der Waals surface area contributed by atoms with Crippen molar-refractivity contribution in [2.24, 2.45) is 9.98 Å². The van der Waals surface area contributed by atoms with Gasteiger partial charge in [-0.15, -0.1) is 5.10 Å². The van der Waals surface area contributed by atoms with Crippen molar-refractivity contribution < 1.29 is 38.6 Å². The Morgan fingerprint density at radius 2 is 1.19 bits per heavy atom. The number of carboxylic acid groups (broad SMARTS) is 1. The Morgan fingerprint density at radius 1 is 0.608 bits per heavy atom. The molecule has 0 saturated carbocycles. The van der Waals surface area contributed by atoms with E-state index < -0.39 is 24.3 Å². The van der Waals surface area contributed by atoms with Gasteiger partial charge in [0.25, 0.3) is 0 Å². The van der Waals surface area contributed by atoms with Crippen molar-refractivity contribution in [3.8, 4) is 22.9 Å². The smallest absolute Gasteiger partial charge is 0.323 e. The zero-order valence-electron chi connectivity index (χ0n) is 61.4. The van der Waals surface area contributed by atoms with Gasteiger partial charge < -0.3 is 59.2 Å². The van der Waals surface area contributed by atoms with E-state index in [4.69, 9.17) is 24.4 Å². The van der Waals surface area contributed by atoms with Crippen LogP contribution in [-0.4, -0.2) is 215 Å². The Balaban J connectivity index is 0.605. The third kappa shape index (κ3) is 19.0. The summed E-state index contributed by atoms with van der Waals surface area (Å²) in [6.45, 7) is 25.9. The molecule has 5 aromatic carbocycles. The first-order valence-electron chi connectivity index (χ1n) is 36.5. The molecular weight excluding hydrogens is 1290 g/mol. The van der Waals surface area contributed by atoms with Crippen molar-refractivity contribution in [3.05, 3.63) is 136 Å². The number of nitrogens with zero attached hydrogens (tertiary/aromatic N) is 13. The van der Waals surface area contributed by atoms with Crippen LogP contribution < -0.4 is 24.6 Å². The van der Waals surface area contributed by atoms with Crippen molar-refractivity contribution in [2.45, 2.75) is 137 Å². The molecule has 3 N–H and O–H groups in total. The van der Waals surface area contributed by atoms with Gasteiger partial charge in [-0.2, -0.15) is 0 Å². The summed E-state index contributed by atoms with van der Waals surface area (Å²) < 4.78 is 14.4. The minimum absolute atomic E-state index is 0.0917. The first kappa shape index (κ1) is 73.7. The second-order valence-corrected chi connectivity index (χ2v) is 29.8. The second kappa shape index (κ2) is 33.1. The fourth-order valence-electron chi connectivity index (χ4n) is 13.7. The number of aryl methyl sites for hydroxylation is 1. The number of hydrogen-bond acceptors (Lipinski definition) is 16. The molecular formula is C79H103N15O8. The van der Waals surface area contributed by atoms with E-state index in [1.54, 1.807) is 10.9 Å². The number of rotatable bonds is 31.